The second-order valence-electron chi connectivity index (χ2n) is 4.13. The number of hydrogen-bond donors (Lipinski definition) is 0. The molecule has 0 aliphatic heterocycles. The van der Waals surface area contributed by atoms with Crippen molar-refractivity contribution in [1.29, 1.82) is 0 Å². The summed E-state index contributed by atoms with van der Waals surface area (Å²) in [4.78, 5) is 11.9. The molecular formula is C14H18O. The van der Waals surface area contributed by atoms with Gasteiger partial charge in [0.2, 0.25) is 0 Å². The van der Waals surface area contributed by atoms with Crippen LogP contribution in [0.3, 0.4) is 0 Å². The van der Waals surface area contributed by atoms with Gasteiger partial charge >= 0.3 is 0 Å². The lowest BCUT2D eigenvalue weighted by Crippen LogP contribution is -2.11. The first-order valence-electron chi connectivity index (χ1n) is 5.35. The van der Waals surface area contributed by atoms with Crippen molar-refractivity contribution < 1.29 is 4.79 Å². The lowest BCUT2D eigenvalue weighted by Gasteiger charge is -2.09. The maximum absolute atomic E-state index is 11.9. The molecule has 15 heavy (non-hydrogen) atoms. The number of benzene rings is 1. The molecule has 1 unspecified atom stereocenters. The van der Waals surface area contributed by atoms with E-state index in [1.165, 1.54) is 0 Å². The Hall–Kier alpha value is -1.37. The number of Topliss-reactive ketones (excluding diaryl/α,β-unsaturated/α-hetero) is 1. The molecule has 1 aromatic carbocycles. The summed E-state index contributed by atoms with van der Waals surface area (Å²) in [7, 11) is 0. The fourth-order valence-corrected chi connectivity index (χ4v) is 1.48. The van der Waals surface area contributed by atoms with Crippen LogP contribution in [0.15, 0.2) is 42.5 Å². The number of allylic oxidation sites excluding steroid dienone is 1. The third kappa shape index (κ3) is 3.70. The van der Waals surface area contributed by atoms with E-state index >= 15 is 0 Å². The van der Waals surface area contributed by atoms with Gasteiger partial charge in [0.05, 0.1) is 0 Å². The van der Waals surface area contributed by atoms with Crippen LogP contribution in [-0.4, -0.2) is 5.78 Å². The first-order chi connectivity index (χ1) is 7.11. The van der Waals surface area contributed by atoms with E-state index in [1.807, 2.05) is 44.2 Å². The zero-order valence-electron chi connectivity index (χ0n) is 9.49. The number of rotatable bonds is 5. The fraction of sp³-hybridized carbons (Fsp3) is 0.357. The van der Waals surface area contributed by atoms with Gasteiger partial charge in [-0.25, -0.2) is 0 Å². The van der Waals surface area contributed by atoms with Gasteiger partial charge in [-0.2, -0.15) is 0 Å². The van der Waals surface area contributed by atoms with Gasteiger partial charge < -0.3 is 0 Å². The summed E-state index contributed by atoms with van der Waals surface area (Å²) in [6.07, 6.45) is 1.82. The largest absolute Gasteiger partial charge is 0.294 e. The number of carbonyl (C=O) groups excluding carboxylic acids is 1. The monoisotopic (exact) mass is 202 g/mol. The van der Waals surface area contributed by atoms with Crippen molar-refractivity contribution >= 4 is 5.78 Å². The minimum Gasteiger partial charge on any atom is -0.294 e. The molecule has 1 aromatic rings. The standard InChI is InChI=1S/C14H18O/c1-11(2)9-10-12(3)14(15)13-7-5-4-6-8-13/h4-8,12H,1,9-10H2,2-3H3. The van der Waals surface area contributed by atoms with Crippen LogP contribution in [0, 0.1) is 5.92 Å². The summed E-state index contributed by atoms with van der Waals surface area (Å²) < 4.78 is 0. The third-order valence-corrected chi connectivity index (χ3v) is 2.51. The minimum atomic E-state index is 0.0871. The molecule has 80 valence electrons. The Bertz CT molecular complexity index is 338. The van der Waals surface area contributed by atoms with Crippen molar-refractivity contribution in [2.45, 2.75) is 26.7 Å². The third-order valence-electron chi connectivity index (χ3n) is 2.51. The highest BCUT2D eigenvalue weighted by Gasteiger charge is 2.13. The molecule has 0 saturated carbocycles. The van der Waals surface area contributed by atoms with Gasteiger partial charge in [0, 0.05) is 11.5 Å². The van der Waals surface area contributed by atoms with E-state index in [0.717, 1.165) is 24.0 Å². The van der Waals surface area contributed by atoms with Crippen LogP contribution >= 0.6 is 0 Å². The molecule has 0 bridgehead atoms. The quantitative estimate of drug-likeness (QED) is 0.523. The van der Waals surface area contributed by atoms with E-state index < -0.39 is 0 Å². The smallest absolute Gasteiger partial charge is 0.165 e. The molecule has 0 aliphatic rings. The van der Waals surface area contributed by atoms with E-state index in [2.05, 4.69) is 6.58 Å². The van der Waals surface area contributed by atoms with Crippen LogP contribution in [0.2, 0.25) is 0 Å². The Balaban J connectivity index is 2.57. The summed E-state index contributed by atoms with van der Waals surface area (Å²) >= 11 is 0. The number of carbonyl (C=O) groups is 1. The first kappa shape index (κ1) is 11.7. The second kappa shape index (κ2) is 5.50. The van der Waals surface area contributed by atoms with Crippen LogP contribution in [0.25, 0.3) is 0 Å². The molecule has 1 nitrogen and oxygen atoms in total. The van der Waals surface area contributed by atoms with E-state index in [9.17, 15) is 4.79 Å². The summed E-state index contributed by atoms with van der Waals surface area (Å²) in [5.41, 5.74) is 1.95. The molecule has 1 rings (SSSR count). The predicted octanol–water partition coefficient (Wildman–Crippen LogP) is 3.86. The van der Waals surface area contributed by atoms with E-state index in [-0.39, 0.29) is 11.7 Å². The average Bonchev–Trinajstić information content (AvgIpc) is 2.26. The predicted molar refractivity (Wildman–Crippen MR) is 64.0 cm³/mol. The van der Waals surface area contributed by atoms with Crippen LogP contribution in [-0.2, 0) is 0 Å². The Morgan fingerprint density at radius 2 is 1.93 bits per heavy atom. The molecule has 0 aromatic heterocycles. The van der Waals surface area contributed by atoms with Gasteiger partial charge in [0.25, 0.3) is 0 Å². The molecule has 1 atom stereocenters. The van der Waals surface area contributed by atoms with Crippen molar-refractivity contribution in [3.63, 3.8) is 0 Å². The summed E-state index contributed by atoms with van der Waals surface area (Å²) in [5.74, 6) is 0.320. The first-order valence-corrected chi connectivity index (χ1v) is 5.35. The lowest BCUT2D eigenvalue weighted by molar-refractivity contribution is 0.0924. The van der Waals surface area contributed by atoms with Gasteiger partial charge in [-0.15, -0.1) is 6.58 Å². The zero-order chi connectivity index (χ0) is 11.3. The molecule has 0 fully saturated rings. The normalized spacial score (nSPS) is 12.1. The highest BCUT2D eigenvalue weighted by atomic mass is 16.1. The summed E-state index contributed by atoms with van der Waals surface area (Å²) in [6.45, 7) is 7.83. The van der Waals surface area contributed by atoms with Crippen LogP contribution < -0.4 is 0 Å². The van der Waals surface area contributed by atoms with Gasteiger partial charge in [-0.3, -0.25) is 4.79 Å². The highest BCUT2D eigenvalue weighted by molar-refractivity contribution is 5.97. The Labute approximate surface area is 91.8 Å². The van der Waals surface area contributed by atoms with Crippen LogP contribution in [0.1, 0.15) is 37.0 Å². The summed E-state index contributed by atoms with van der Waals surface area (Å²) in [5, 5.41) is 0. The molecule has 0 amide bonds. The van der Waals surface area contributed by atoms with E-state index in [1.54, 1.807) is 0 Å². The van der Waals surface area contributed by atoms with Gasteiger partial charge in [-0.05, 0) is 19.8 Å². The van der Waals surface area contributed by atoms with Crippen molar-refractivity contribution in [3.05, 3.63) is 48.0 Å². The van der Waals surface area contributed by atoms with Crippen LogP contribution in [0.5, 0.6) is 0 Å². The molecule has 0 radical (unpaired) electrons. The maximum atomic E-state index is 11.9. The van der Waals surface area contributed by atoms with Crippen molar-refractivity contribution in [2.24, 2.45) is 5.92 Å². The fourth-order valence-electron chi connectivity index (χ4n) is 1.48. The highest BCUT2D eigenvalue weighted by Crippen LogP contribution is 2.15. The van der Waals surface area contributed by atoms with Crippen molar-refractivity contribution in [2.75, 3.05) is 0 Å². The second-order valence-corrected chi connectivity index (χ2v) is 4.13. The molecule has 1 heteroatoms. The topological polar surface area (TPSA) is 17.1 Å². The number of hydrogen-bond acceptors (Lipinski definition) is 1. The Morgan fingerprint density at radius 1 is 1.33 bits per heavy atom. The molecule has 0 N–H and O–H groups in total. The Kier molecular flexibility index (Phi) is 4.29. The zero-order valence-corrected chi connectivity index (χ0v) is 9.49. The van der Waals surface area contributed by atoms with Gasteiger partial charge in [0.1, 0.15) is 0 Å². The van der Waals surface area contributed by atoms with Gasteiger partial charge in [-0.1, -0.05) is 42.8 Å². The molecule has 0 heterocycles. The Morgan fingerprint density at radius 3 is 2.47 bits per heavy atom. The maximum Gasteiger partial charge on any atom is 0.165 e. The minimum absolute atomic E-state index is 0.0871. The van der Waals surface area contributed by atoms with E-state index in [4.69, 9.17) is 0 Å². The molecule has 0 saturated heterocycles. The molecular weight excluding hydrogens is 184 g/mol. The summed E-state index contributed by atoms with van der Waals surface area (Å²) in [6, 6.07) is 9.48. The SMILES string of the molecule is C=C(C)CCC(C)C(=O)c1ccccc1. The average molecular weight is 202 g/mol. The number of ketones is 1. The van der Waals surface area contributed by atoms with Gasteiger partial charge in [0.15, 0.2) is 5.78 Å². The van der Waals surface area contributed by atoms with Crippen LogP contribution in [0.4, 0.5) is 0 Å². The lowest BCUT2D eigenvalue weighted by atomic mass is 9.94. The molecule has 0 aliphatic carbocycles. The molecule has 0 spiro atoms. The van der Waals surface area contributed by atoms with Crippen molar-refractivity contribution in [1.82, 2.24) is 0 Å². The van der Waals surface area contributed by atoms with E-state index in [0.29, 0.717) is 0 Å². The van der Waals surface area contributed by atoms with Crippen molar-refractivity contribution in [3.8, 4) is 0 Å².